The molecule has 9 heteroatoms. The number of carbonyl (C=O) groups is 1. The molecule has 0 saturated heterocycles. The molecule has 1 rings (SSSR count). The number of methoxy groups -OCH3 is 1. The maximum atomic E-state index is 13.4. The second-order valence-corrected chi connectivity index (χ2v) is 6.46. The molecule has 2 N–H and O–H groups in total. The molecule has 0 radical (unpaired) electrons. The maximum Gasteiger partial charge on any atom is 0.233 e. The quantitative estimate of drug-likeness (QED) is 0.697. The molecular weight excluding hydrogens is 318 g/mol. The number of benzene rings is 1. The Labute approximate surface area is 127 Å². The summed E-state index contributed by atoms with van der Waals surface area (Å²) in [5.41, 5.74) is -0.367. The molecule has 1 aromatic carbocycles. The molecule has 22 heavy (non-hydrogen) atoms. The summed E-state index contributed by atoms with van der Waals surface area (Å²) in [6.07, 6.45) is 0. The minimum absolute atomic E-state index is 0.264. The monoisotopic (exact) mass is 336 g/mol. The summed E-state index contributed by atoms with van der Waals surface area (Å²) in [6, 6.07) is 2.48. The highest BCUT2D eigenvalue weighted by Crippen LogP contribution is 2.17. The van der Waals surface area contributed by atoms with E-state index in [-0.39, 0.29) is 12.2 Å². The van der Waals surface area contributed by atoms with Crippen molar-refractivity contribution in [2.24, 2.45) is 5.92 Å². The van der Waals surface area contributed by atoms with Gasteiger partial charge in [-0.1, -0.05) is 6.92 Å². The molecule has 1 amide bonds. The lowest BCUT2D eigenvalue weighted by atomic mass is 10.2. The first kappa shape index (κ1) is 18.3. The first-order valence-electron chi connectivity index (χ1n) is 6.47. The van der Waals surface area contributed by atoms with Crippen LogP contribution in [0, 0.1) is 17.6 Å². The molecule has 6 nitrogen and oxygen atoms in total. The van der Waals surface area contributed by atoms with Gasteiger partial charge in [0.15, 0.2) is 0 Å². The molecule has 1 atom stereocenters. The van der Waals surface area contributed by atoms with Gasteiger partial charge in [-0.05, 0) is 12.1 Å². The summed E-state index contributed by atoms with van der Waals surface area (Å²) in [7, 11) is -2.48. The Kier molecular flexibility index (Phi) is 6.69. The number of sulfonamides is 1. The Balaban J connectivity index is 2.64. The van der Waals surface area contributed by atoms with Crippen molar-refractivity contribution >= 4 is 21.6 Å². The van der Waals surface area contributed by atoms with E-state index < -0.39 is 39.2 Å². The van der Waals surface area contributed by atoms with Gasteiger partial charge in [-0.25, -0.2) is 17.2 Å². The lowest BCUT2D eigenvalue weighted by Crippen LogP contribution is -2.36. The van der Waals surface area contributed by atoms with Crippen LogP contribution in [0.4, 0.5) is 14.5 Å². The van der Waals surface area contributed by atoms with Gasteiger partial charge in [0.1, 0.15) is 11.6 Å². The molecule has 0 saturated carbocycles. The smallest absolute Gasteiger partial charge is 0.233 e. The number of halogens is 2. The molecule has 0 spiro atoms. The largest absolute Gasteiger partial charge is 0.383 e. The predicted octanol–water partition coefficient (Wildman–Crippen LogP) is 1.11. The van der Waals surface area contributed by atoms with Crippen molar-refractivity contribution in [2.45, 2.75) is 6.92 Å². The fourth-order valence-electron chi connectivity index (χ4n) is 1.64. The zero-order valence-electron chi connectivity index (χ0n) is 12.2. The Morgan fingerprint density at radius 3 is 2.64 bits per heavy atom. The lowest BCUT2D eigenvalue weighted by molar-refractivity contribution is -0.124. The van der Waals surface area contributed by atoms with Gasteiger partial charge in [0.2, 0.25) is 15.9 Å². The number of rotatable bonds is 8. The van der Waals surface area contributed by atoms with E-state index in [1.807, 2.05) is 4.72 Å². The SMILES string of the molecule is COCCNC(=O)C(C)CS(=O)(=O)Nc1ccc(F)cc1F. The van der Waals surface area contributed by atoms with E-state index in [0.29, 0.717) is 12.7 Å². The normalized spacial score (nSPS) is 12.7. The summed E-state index contributed by atoms with van der Waals surface area (Å²) in [6.45, 7) is 2.01. The van der Waals surface area contributed by atoms with E-state index in [0.717, 1.165) is 12.1 Å². The van der Waals surface area contributed by atoms with Crippen molar-refractivity contribution in [2.75, 3.05) is 30.7 Å². The predicted molar refractivity (Wildman–Crippen MR) is 77.8 cm³/mol. The van der Waals surface area contributed by atoms with Gasteiger partial charge in [-0.15, -0.1) is 0 Å². The van der Waals surface area contributed by atoms with Crippen LogP contribution < -0.4 is 10.0 Å². The average molecular weight is 336 g/mol. The molecule has 0 aliphatic heterocycles. The first-order valence-corrected chi connectivity index (χ1v) is 8.12. The van der Waals surface area contributed by atoms with Crippen LogP contribution in [0.2, 0.25) is 0 Å². The molecule has 0 bridgehead atoms. The Hall–Kier alpha value is -1.74. The van der Waals surface area contributed by atoms with Crippen LogP contribution >= 0.6 is 0 Å². The molecule has 124 valence electrons. The molecule has 0 aromatic heterocycles. The zero-order chi connectivity index (χ0) is 16.8. The summed E-state index contributed by atoms with van der Waals surface area (Å²) >= 11 is 0. The highest BCUT2D eigenvalue weighted by atomic mass is 32.2. The van der Waals surface area contributed by atoms with Gasteiger partial charge in [0.05, 0.1) is 24.0 Å². The van der Waals surface area contributed by atoms with Gasteiger partial charge in [-0.2, -0.15) is 0 Å². The first-order chi connectivity index (χ1) is 10.2. The lowest BCUT2D eigenvalue weighted by Gasteiger charge is -2.14. The number of ether oxygens (including phenoxy) is 1. The Morgan fingerprint density at radius 2 is 2.05 bits per heavy atom. The van der Waals surface area contributed by atoms with Crippen LogP contribution in [-0.2, 0) is 19.6 Å². The van der Waals surface area contributed by atoms with Crippen LogP contribution in [0.25, 0.3) is 0 Å². The molecule has 0 fully saturated rings. The highest BCUT2D eigenvalue weighted by Gasteiger charge is 2.22. The zero-order valence-corrected chi connectivity index (χ0v) is 13.0. The molecule has 0 aliphatic carbocycles. The number of amides is 1. The fraction of sp³-hybridized carbons (Fsp3) is 0.462. The highest BCUT2D eigenvalue weighted by molar-refractivity contribution is 7.92. The number of hydrogen-bond acceptors (Lipinski definition) is 4. The molecular formula is C13H18F2N2O4S. The van der Waals surface area contributed by atoms with Crippen LogP contribution in [0.15, 0.2) is 18.2 Å². The van der Waals surface area contributed by atoms with Crippen molar-refractivity contribution in [1.82, 2.24) is 5.32 Å². The number of hydrogen-bond donors (Lipinski definition) is 2. The van der Waals surface area contributed by atoms with Crippen molar-refractivity contribution in [3.63, 3.8) is 0 Å². The third-order valence-electron chi connectivity index (χ3n) is 2.72. The third kappa shape index (κ3) is 5.94. The Morgan fingerprint density at radius 1 is 1.36 bits per heavy atom. The van der Waals surface area contributed by atoms with Crippen LogP contribution in [0.3, 0.4) is 0 Å². The molecule has 0 heterocycles. The van der Waals surface area contributed by atoms with E-state index in [4.69, 9.17) is 4.74 Å². The summed E-state index contributed by atoms with van der Waals surface area (Å²) < 4.78 is 56.7. The average Bonchev–Trinajstić information content (AvgIpc) is 2.41. The topological polar surface area (TPSA) is 84.5 Å². The summed E-state index contributed by atoms with van der Waals surface area (Å²) in [5.74, 6) is -3.66. The molecule has 1 aromatic rings. The van der Waals surface area contributed by atoms with Crippen LogP contribution in [0.5, 0.6) is 0 Å². The van der Waals surface area contributed by atoms with E-state index in [9.17, 15) is 22.0 Å². The Bertz CT molecular complexity index is 622. The van der Waals surface area contributed by atoms with Gasteiger partial charge in [0, 0.05) is 19.7 Å². The second kappa shape index (κ2) is 8.04. The van der Waals surface area contributed by atoms with E-state index in [1.165, 1.54) is 14.0 Å². The minimum atomic E-state index is -3.95. The van der Waals surface area contributed by atoms with Crippen molar-refractivity contribution in [3.8, 4) is 0 Å². The number of nitrogens with one attached hydrogen (secondary N) is 2. The van der Waals surface area contributed by atoms with E-state index >= 15 is 0 Å². The van der Waals surface area contributed by atoms with E-state index in [2.05, 4.69) is 5.32 Å². The van der Waals surface area contributed by atoms with Crippen molar-refractivity contribution in [1.29, 1.82) is 0 Å². The fourth-order valence-corrected chi connectivity index (χ4v) is 3.03. The molecule has 1 unspecified atom stereocenters. The minimum Gasteiger partial charge on any atom is -0.383 e. The molecule has 0 aliphatic rings. The van der Waals surface area contributed by atoms with Gasteiger partial charge < -0.3 is 10.1 Å². The standard InChI is InChI=1S/C13H18F2N2O4S/c1-9(13(18)16-5-6-21-2)8-22(19,20)17-12-4-3-10(14)7-11(12)15/h3-4,7,9,17H,5-6,8H2,1-2H3,(H,16,18). The number of anilines is 1. The van der Waals surface area contributed by atoms with Crippen LogP contribution in [0.1, 0.15) is 6.92 Å². The van der Waals surface area contributed by atoms with Crippen molar-refractivity contribution < 1.29 is 26.7 Å². The number of carbonyl (C=O) groups excluding carboxylic acids is 1. The summed E-state index contributed by atoms with van der Waals surface area (Å²) in [4.78, 5) is 11.7. The third-order valence-corrected chi connectivity index (χ3v) is 4.19. The van der Waals surface area contributed by atoms with Gasteiger partial charge >= 0.3 is 0 Å². The van der Waals surface area contributed by atoms with Crippen LogP contribution in [-0.4, -0.2) is 40.3 Å². The van der Waals surface area contributed by atoms with Gasteiger partial charge in [-0.3, -0.25) is 9.52 Å². The van der Waals surface area contributed by atoms with Crippen molar-refractivity contribution in [3.05, 3.63) is 29.8 Å². The van der Waals surface area contributed by atoms with Gasteiger partial charge in [0.25, 0.3) is 0 Å². The second-order valence-electron chi connectivity index (χ2n) is 4.69. The maximum absolute atomic E-state index is 13.4. The van der Waals surface area contributed by atoms with E-state index in [1.54, 1.807) is 0 Å². The summed E-state index contributed by atoms with van der Waals surface area (Å²) in [5, 5.41) is 2.51.